The van der Waals surface area contributed by atoms with Gasteiger partial charge in [-0.15, -0.1) is 19.1 Å². The van der Waals surface area contributed by atoms with Crippen LogP contribution in [0.1, 0.15) is 12.8 Å². The molecule has 0 bridgehead atoms. The van der Waals surface area contributed by atoms with Gasteiger partial charge in [0.2, 0.25) is 0 Å². The zero-order valence-corrected chi connectivity index (χ0v) is 14.0. The van der Waals surface area contributed by atoms with Crippen molar-refractivity contribution in [3.05, 3.63) is 24.3 Å². The predicted octanol–water partition coefficient (Wildman–Crippen LogP) is 1.51. The molecule has 1 aromatic heterocycles. The summed E-state index contributed by atoms with van der Waals surface area (Å²) in [7, 11) is 2.31. The summed E-state index contributed by atoms with van der Waals surface area (Å²) in [6, 6.07) is 7.94. The van der Waals surface area contributed by atoms with Crippen LogP contribution < -0.4 is 4.62 Å². The molecule has 22 heavy (non-hydrogen) atoms. The first-order valence-corrected chi connectivity index (χ1v) is 9.36. The summed E-state index contributed by atoms with van der Waals surface area (Å²) in [5.74, 6) is 0. The second kappa shape index (κ2) is 5.42. The van der Waals surface area contributed by atoms with Gasteiger partial charge in [-0.25, -0.2) is 0 Å². The fourth-order valence-corrected chi connectivity index (χ4v) is 6.96. The molecule has 0 saturated carbocycles. The summed E-state index contributed by atoms with van der Waals surface area (Å²) in [6.07, 6.45) is 2.48. The maximum absolute atomic E-state index is 6.56. The van der Waals surface area contributed by atoms with Crippen molar-refractivity contribution in [1.82, 2.24) is 29.2 Å². The molecule has 2 fully saturated rings. The zero-order chi connectivity index (χ0) is 15.2. The van der Waals surface area contributed by atoms with Crippen LogP contribution in [0.3, 0.4) is 0 Å². The van der Waals surface area contributed by atoms with E-state index >= 15 is 0 Å². The Labute approximate surface area is 131 Å². The Morgan fingerprint density at radius 2 is 1.68 bits per heavy atom. The van der Waals surface area contributed by atoms with E-state index in [9.17, 15) is 0 Å². The fraction of sp³-hybridized carbons (Fsp3) is 0.571. The van der Waals surface area contributed by atoms with Gasteiger partial charge >= 0.3 is 7.94 Å². The molecule has 7 nitrogen and oxygen atoms in total. The van der Waals surface area contributed by atoms with Crippen LogP contribution >= 0.6 is 7.94 Å². The number of benzene rings is 1. The molecule has 0 spiro atoms. The zero-order valence-electron chi connectivity index (χ0n) is 13.1. The molecule has 0 radical (unpaired) electrons. The van der Waals surface area contributed by atoms with Gasteiger partial charge in [-0.05, 0) is 35.0 Å². The number of fused-ring (bicyclic) bond motifs is 1. The number of hydrogen-bond acceptors (Lipinski definition) is 6. The van der Waals surface area contributed by atoms with E-state index in [0.717, 1.165) is 37.2 Å². The number of hydrogen-bond donors (Lipinski definition) is 0. The lowest BCUT2D eigenvalue weighted by Gasteiger charge is -2.33. The topological polar surface area (TPSA) is 49.7 Å². The van der Waals surface area contributed by atoms with Crippen molar-refractivity contribution in [2.75, 3.05) is 40.3 Å². The monoisotopic (exact) mass is 321 g/mol. The molecule has 0 N–H and O–H groups in total. The molecule has 3 heterocycles. The molecule has 2 aliphatic rings. The third-order valence-electron chi connectivity index (χ3n) is 4.60. The van der Waals surface area contributed by atoms with Gasteiger partial charge in [-0.3, -0.25) is 0 Å². The van der Waals surface area contributed by atoms with Crippen LogP contribution in [0.4, 0.5) is 0 Å². The molecule has 0 atom stereocenters. The highest BCUT2D eigenvalue weighted by molar-refractivity contribution is 7.64. The summed E-state index contributed by atoms with van der Waals surface area (Å²) >= 11 is 0. The highest BCUT2D eigenvalue weighted by Crippen LogP contribution is 2.68. The van der Waals surface area contributed by atoms with E-state index in [-0.39, 0.29) is 0 Å². The van der Waals surface area contributed by atoms with Gasteiger partial charge in [0.1, 0.15) is 11.0 Å². The molecule has 2 saturated heterocycles. The Morgan fingerprint density at radius 1 is 1.00 bits per heavy atom. The normalized spacial score (nSPS) is 23.5. The Kier molecular flexibility index (Phi) is 3.53. The van der Waals surface area contributed by atoms with Crippen molar-refractivity contribution in [3.63, 3.8) is 0 Å². The summed E-state index contributed by atoms with van der Waals surface area (Å²) < 4.78 is 13.8. The third kappa shape index (κ3) is 2.04. The highest BCUT2D eigenvalue weighted by Gasteiger charge is 2.63. The smallest absolute Gasteiger partial charge is 0.183 e. The molecule has 4 rings (SSSR count). The number of rotatable bonds is 3. The molecular weight excluding hydrogens is 299 g/mol. The van der Waals surface area contributed by atoms with E-state index < -0.39 is 7.94 Å². The fourth-order valence-electron chi connectivity index (χ4n) is 3.39. The van der Waals surface area contributed by atoms with Crippen LogP contribution in [0.15, 0.2) is 24.3 Å². The van der Waals surface area contributed by atoms with Crippen molar-refractivity contribution < 1.29 is 4.62 Å². The summed E-state index contributed by atoms with van der Waals surface area (Å²) in [5, 5.41) is 8.46. The number of aromatic nitrogens is 3. The van der Waals surface area contributed by atoms with E-state index in [4.69, 9.17) is 4.62 Å². The van der Waals surface area contributed by atoms with Gasteiger partial charge in [-0.1, -0.05) is 12.1 Å². The quantitative estimate of drug-likeness (QED) is 0.799. The molecule has 0 unspecified atom stereocenters. The van der Waals surface area contributed by atoms with Gasteiger partial charge in [0.25, 0.3) is 0 Å². The average Bonchev–Trinajstić information content (AvgIpc) is 3.24. The van der Waals surface area contributed by atoms with Gasteiger partial charge in [0.05, 0.1) is 13.1 Å². The lowest BCUT2D eigenvalue weighted by Crippen LogP contribution is -2.40. The minimum absolute atomic E-state index is 0.867. The number of para-hydroxylation sites is 1. The highest BCUT2D eigenvalue weighted by atomic mass is 31.2. The Balaban J connectivity index is 1.75. The van der Waals surface area contributed by atoms with Crippen molar-refractivity contribution in [2.45, 2.75) is 12.8 Å². The molecule has 2 aromatic rings. The molecule has 8 heteroatoms. The van der Waals surface area contributed by atoms with Crippen LogP contribution in [0.5, 0.6) is 0 Å². The minimum Gasteiger partial charge on any atom is -0.183 e. The maximum Gasteiger partial charge on any atom is 0.450 e. The average molecular weight is 321 g/mol. The van der Waals surface area contributed by atoms with Crippen LogP contribution in [0, 0.1) is 0 Å². The molecule has 0 aliphatic carbocycles. The van der Waals surface area contributed by atoms with Crippen LogP contribution in [-0.4, -0.2) is 69.4 Å². The lowest BCUT2D eigenvalue weighted by atomic mass is 10.3. The summed E-state index contributed by atoms with van der Waals surface area (Å²) in [5.41, 5.74) is 1.79. The SMILES string of the molecule is CN1CCN(C)[P+]1(On1nnc2ccccc21)N1CCCC1. The molecule has 118 valence electrons. The molecule has 0 amide bonds. The number of likely N-dealkylation sites (N-methyl/N-ethyl adjacent to an activating group) is 2. The van der Waals surface area contributed by atoms with Gasteiger partial charge in [0.15, 0.2) is 0 Å². The van der Waals surface area contributed by atoms with Crippen LogP contribution in [-0.2, 0) is 0 Å². The van der Waals surface area contributed by atoms with E-state index in [1.807, 2.05) is 24.3 Å². The van der Waals surface area contributed by atoms with Crippen molar-refractivity contribution in [2.24, 2.45) is 0 Å². The Hall–Kier alpha value is -1.27. The molecule has 1 aromatic carbocycles. The summed E-state index contributed by atoms with van der Waals surface area (Å²) in [6.45, 7) is 4.23. The van der Waals surface area contributed by atoms with Crippen molar-refractivity contribution in [3.8, 4) is 0 Å². The first-order valence-electron chi connectivity index (χ1n) is 7.80. The van der Waals surface area contributed by atoms with Crippen LogP contribution in [0.25, 0.3) is 11.0 Å². The first kappa shape index (κ1) is 14.3. The largest absolute Gasteiger partial charge is 0.450 e. The van der Waals surface area contributed by atoms with E-state index in [1.165, 1.54) is 12.8 Å². The van der Waals surface area contributed by atoms with E-state index in [1.54, 1.807) is 4.85 Å². The lowest BCUT2D eigenvalue weighted by molar-refractivity contribution is 0.193. The molecular formula is C14H22N6OP+. The maximum atomic E-state index is 6.56. The first-order chi connectivity index (χ1) is 10.7. The van der Waals surface area contributed by atoms with E-state index in [2.05, 4.69) is 38.4 Å². The summed E-state index contributed by atoms with van der Waals surface area (Å²) in [4.78, 5) is 1.62. The van der Waals surface area contributed by atoms with Crippen molar-refractivity contribution >= 4 is 19.0 Å². The minimum atomic E-state index is -2.01. The Bertz CT molecular complexity index is 660. The van der Waals surface area contributed by atoms with Gasteiger partial charge < -0.3 is 0 Å². The number of nitrogens with zero attached hydrogens (tertiary/aromatic N) is 6. The van der Waals surface area contributed by atoms with Gasteiger partial charge in [0, 0.05) is 27.2 Å². The van der Waals surface area contributed by atoms with E-state index in [0.29, 0.717) is 0 Å². The van der Waals surface area contributed by atoms with Crippen LogP contribution in [0.2, 0.25) is 0 Å². The second-order valence-electron chi connectivity index (χ2n) is 5.97. The Morgan fingerprint density at radius 3 is 2.41 bits per heavy atom. The standard InChI is InChI=1S/C14H22N6OP/c1-17-11-12-18(2)22(17,19-9-5-6-10-19)21-20-14-8-4-3-7-13(14)15-16-20/h3-4,7-8H,5-6,9-12H2,1-2H3/q+1. The second-order valence-corrected chi connectivity index (χ2v) is 9.09. The van der Waals surface area contributed by atoms with Gasteiger partial charge in [-0.2, -0.15) is 4.62 Å². The predicted molar refractivity (Wildman–Crippen MR) is 87.1 cm³/mol. The third-order valence-corrected chi connectivity index (χ3v) is 8.29. The molecule has 2 aliphatic heterocycles. The van der Waals surface area contributed by atoms with Crippen molar-refractivity contribution in [1.29, 1.82) is 0 Å².